The van der Waals surface area contributed by atoms with Crippen molar-refractivity contribution in [1.82, 2.24) is 0 Å². The van der Waals surface area contributed by atoms with E-state index in [0.29, 0.717) is 12.8 Å². The van der Waals surface area contributed by atoms with Crippen LogP contribution >= 0.6 is 0 Å². The first-order valence-electron chi connectivity index (χ1n) is 4.22. The number of aryl methyl sites for hydroxylation is 1. The largest absolute Gasteiger partial charge is 0.480 e. The molecule has 0 fully saturated rings. The highest BCUT2D eigenvalue weighted by Crippen LogP contribution is 2.03. The third-order valence-corrected chi connectivity index (χ3v) is 1.90. The van der Waals surface area contributed by atoms with Gasteiger partial charge in [-0.3, -0.25) is 4.79 Å². The van der Waals surface area contributed by atoms with Gasteiger partial charge in [0.2, 0.25) is 0 Å². The Morgan fingerprint density at radius 1 is 1.38 bits per heavy atom. The van der Waals surface area contributed by atoms with Crippen LogP contribution in [0.1, 0.15) is 12.0 Å². The fourth-order valence-electron chi connectivity index (χ4n) is 1.09. The highest BCUT2D eigenvalue weighted by molar-refractivity contribution is 5.73. The predicted octanol–water partition coefficient (Wildman–Crippen LogP) is 1.03. The second-order valence-electron chi connectivity index (χ2n) is 2.97. The van der Waals surface area contributed by atoms with Crippen molar-refractivity contribution in [3.8, 4) is 0 Å². The third-order valence-electron chi connectivity index (χ3n) is 1.90. The zero-order valence-corrected chi connectivity index (χ0v) is 7.31. The molecule has 0 amide bonds. The number of aliphatic carboxylic acids is 1. The van der Waals surface area contributed by atoms with Crippen LogP contribution in [-0.4, -0.2) is 17.1 Å². The summed E-state index contributed by atoms with van der Waals surface area (Å²) in [5, 5.41) is 8.54. The van der Waals surface area contributed by atoms with E-state index in [1.54, 1.807) is 0 Å². The lowest BCUT2D eigenvalue weighted by molar-refractivity contribution is -0.138. The Balaban J connectivity index is 2.39. The average Bonchev–Trinajstić information content (AvgIpc) is 2.15. The summed E-state index contributed by atoms with van der Waals surface area (Å²) < 4.78 is 0. The number of carbonyl (C=O) groups is 1. The third kappa shape index (κ3) is 3.25. The summed E-state index contributed by atoms with van der Waals surface area (Å²) in [5.41, 5.74) is 6.49. The standard InChI is InChI=1S/C10H13NO2/c11-9(10(12)13)7-6-8-4-2-1-3-5-8/h1-5,9H,6-7,11H2,(H,12,13)/i11+1. The SMILES string of the molecule is [15NH2]C(CCc1ccccc1)C(=O)O. The van der Waals surface area contributed by atoms with Gasteiger partial charge in [-0.05, 0) is 18.4 Å². The summed E-state index contributed by atoms with van der Waals surface area (Å²) in [6.07, 6.45) is 1.20. The highest BCUT2D eigenvalue weighted by Gasteiger charge is 2.10. The first-order chi connectivity index (χ1) is 6.20. The van der Waals surface area contributed by atoms with Crippen molar-refractivity contribution in [3.63, 3.8) is 0 Å². The Morgan fingerprint density at radius 3 is 2.54 bits per heavy atom. The van der Waals surface area contributed by atoms with E-state index >= 15 is 0 Å². The molecule has 3 heteroatoms. The molecular weight excluding hydrogens is 167 g/mol. The maximum absolute atomic E-state index is 10.4. The molecule has 0 saturated carbocycles. The molecule has 0 aromatic heterocycles. The molecule has 3 N–H and O–H groups in total. The Hall–Kier alpha value is -1.35. The van der Waals surface area contributed by atoms with Gasteiger partial charge in [0.15, 0.2) is 0 Å². The quantitative estimate of drug-likeness (QED) is 0.680. The molecule has 0 heterocycles. The van der Waals surface area contributed by atoms with E-state index in [-0.39, 0.29) is 0 Å². The summed E-state index contributed by atoms with van der Waals surface area (Å²) in [5.74, 6) is -0.934. The van der Waals surface area contributed by atoms with Crippen LogP contribution in [-0.2, 0) is 11.2 Å². The Morgan fingerprint density at radius 2 is 2.00 bits per heavy atom. The lowest BCUT2D eigenvalue weighted by Crippen LogP contribution is -2.30. The average molecular weight is 180 g/mol. The van der Waals surface area contributed by atoms with Gasteiger partial charge in [-0.1, -0.05) is 30.3 Å². The summed E-state index contributed by atoms with van der Waals surface area (Å²) >= 11 is 0. The van der Waals surface area contributed by atoms with Crippen LogP contribution in [0.3, 0.4) is 0 Å². The van der Waals surface area contributed by atoms with Crippen LogP contribution in [0.2, 0.25) is 0 Å². The van der Waals surface area contributed by atoms with Crippen molar-refractivity contribution in [2.24, 2.45) is 5.73 Å². The second-order valence-corrected chi connectivity index (χ2v) is 2.97. The van der Waals surface area contributed by atoms with Crippen LogP contribution in [0.15, 0.2) is 30.3 Å². The Kier molecular flexibility index (Phi) is 3.46. The van der Waals surface area contributed by atoms with Crippen molar-refractivity contribution in [2.45, 2.75) is 18.9 Å². The topological polar surface area (TPSA) is 63.3 Å². The monoisotopic (exact) mass is 180 g/mol. The van der Waals surface area contributed by atoms with Crippen LogP contribution in [0.4, 0.5) is 0 Å². The molecular formula is C10H13NO2. The van der Waals surface area contributed by atoms with E-state index in [9.17, 15) is 4.79 Å². The maximum Gasteiger partial charge on any atom is 0.320 e. The molecule has 1 aromatic rings. The van der Waals surface area contributed by atoms with Gasteiger partial charge >= 0.3 is 5.97 Å². The van der Waals surface area contributed by atoms with Gasteiger partial charge in [-0.15, -0.1) is 0 Å². The molecule has 1 atom stereocenters. The first kappa shape index (κ1) is 9.74. The molecule has 13 heavy (non-hydrogen) atoms. The van der Waals surface area contributed by atoms with Crippen LogP contribution < -0.4 is 5.73 Å². The van der Waals surface area contributed by atoms with E-state index < -0.39 is 12.0 Å². The lowest BCUT2D eigenvalue weighted by Gasteiger charge is -2.05. The maximum atomic E-state index is 10.4. The minimum absolute atomic E-state index is 0.485. The van der Waals surface area contributed by atoms with Gasteiger partial charge in [-0.2, -0.15) is 0 Å². The van der Waals surface area contributed by atoms with Gasteiger partial charge in [0, 0.05) is 0 Å². The Labute approximate surface area is 77.2 Å². The van der Waals surface area contributed by atoms with Gasteiger partial charge in [0.1, 0.15) is 6.04 Å². The molecule has 1 aromatic carbocycles. The predicted molar refractivity (Wildman–Crippen MR) is 50.4 cm³/mol. The molecule has 0 saturated heterocycles. The number of hydrogen-bond acceptors (Lipinski definition) is 2. The second kappa shape index (κ2) is 4.62. The van der Waals surface area contributed by atoms with Crippen molar-refractivity contribution in [3.05, 3.63) is 35.9 Å². The van der Waals surface area contributed by atoms with Gasteiger partial charge in [-0.25, -0.2) is 0 Å². The summed E-state index contributed by atoms with van der Waals surface area (Å²) in [6, 6.07) is 8.98. The first-order valence-corrected chi connectivity index (χ1v) is 4.22. The zero-order chi connectivity index (χ0) is 9.68. The molecule has 0 aliphatic rings. The normalized spacial score (nSPS) is 12.4. The van der Waals surface area contributed by atoms with E-state index in [0.717, 1.165) is 5.56 Å². The van der Waals surface area contributed by atoms with Gasteiger partial charge in [0.05, 0.1) is 0 Å². The van der Waals surface area contributed by atoms with E-state index in [4.69, 9.17) is 10.8 Å². The molecule has 70 valence electrons. The Bertz CT molecular complexity index is 272. The van der Waals surface area contributed by atoms with Crippen molar-refractivity contribution in [2.75, 3.05) is 0 Å². The van der Waals surface area contributed by atoms with Crippen molar-refractivity contribution < 1.29 is 9.90 Å². The van der Waals surface area contributed by atoms with E-state index in [1.807, 2.05) is 30.3 Å². The van der Waals surface area contributed by atoms with Gasteiger partial charge in [0.25, 0.3) is 0 Å². The van der Waals surface area contributed by atoms with E-state index in [2.05, 4.69) is 0 Å². The van der Waals surface area contributed by atoms with Crippen LogP contribution in [0, 0.1) is 0 Å². The molecule has 0 aliphatic carbocycles. The summed E-state index contributed by atoms with van der Waals surface area (Å²) in [4.78, 5) is 10.4. The molecule has 0 spiro atoms. The van der Waals surface area contributed by atoms with Crippen molar-refractivity contribution in [1.29, 1.82) is 0 Å². The number of nitrogens with two attached hydrogens (primary N) is 1. The zero-order valence-electron chi connectivity index (χ0n) is 7.31. The molecule has 3 nitrogen and oxygen atoms in total. The molecule has 1 unspecified atom stereocenters. The smallest absolute Gasteiger partial charge is 0.320 e. The number of hydrogen-bond donors (Lipinski definition) is 2. The molecule has 0 bridgehead atoms. The fourth-order valence-corrected chi connectivity index (χ4v) is 1.09. The number of rotatable bonds is 4. The minimum Gasteiger partial charge on any atom is -0.480 e. The summed E-state index contributed by atoms with van der Waals surface area (Å²) in [7, 11) is 0. The summed E-state index contributed by atoms with van der Waals surface area (Å²) in [6.45, 7) is 0. The number of carboxylic acid groups (broad SMARTS) is 1. The number of benzene rings is 1. The highest BCUT2D eigenvalue weighted by atomic mass is 16.4. The van der Waals surface area contributed by atoms with Crippen LogP contribution in [0.5, 0.6) is 0 Å². The van der Waals surface area contributed by atoms with E-state index in [1.165, 1.54) is 0 Å². The van der Waals surface area contributed by atoms with Gasteiger partial charge < -0.3 is 10.8 Å². The van der Waals surface area contributed by atoms with Crippen molar-refractivity contribution >= 4 is 5.97 Å². The van der Waals surface area contributed by atoms with Crippen LogP contribution in [0.25, 0.3) is 0 Å². The molecule has 0 radical (unpaired) electrons. The minimum atomic E-state index is -0.934. The number of carboxylic acids is 1. The molecule has 0 aliphatic heterocycles. The lowest BCUT2D eigenvalue weighted by atomic mass is 10.1. The molecule has 1 rings (SSSR count). The fraction of sp³-hybridized carbons (Fsp3) is 0.300.